The maximum Gasteiger partial charge on any atom is 0.252 e. The zero-order chi connectivity index (χ0) is 24.1. The molecule has 0 N–H and O–H groups in total. The van der Waals surface area contributed by atoms with Crippen LogP contribution in [0.5, 0.6) is 5.75 Å². The number of hydrogen-bond acceptors (Lipinski definition) is 6. The minimum absolute atomic E-state index is 0.214. The zero-order valence-corrected chi connectivity index (χ0v) is 21.8. The molecule has 0 bridgehead atoms. The number of nitrogens with zero attached hydrogens (tertiary/aromatic N) is 2. The minimum Gasteiger partial charge on any atom is -0.497 e. The van der Waals surface area contributed by atoms with E-state index in [1.54, 1.807) is 19.2 Å². The fourth-order valence-corrected chi connectivity index (χ4v) is 7.14. The van der Waals surface area contributed by atoms with Gasteiger partial charge in [-0.05, 0) is 47.5 Å². The standard InChI is InChI=1S/C24H26Cl2N2O4S2/c1-31-21-7-3-5-19(15-21)22(32-17-18-4-2-6-20(25)14-18)16-27-10-12-28(13-11-27)34(29,30)24-9-8-23(26)33-24/h2-9,14-15,22H,10-13,16-17H2,1H3. The summed E-state index contributed by atoms with van der Waals surface area (Å²) < 4.78 is 39.9. The molecule has 1 fully saturated rings. The molecule has 0 spiro atoms. The van der Waals surface area contributed by atoms with E-state index in [-0.39, 0.29) is 10.3 Å². The van der Waals surface area contributed by atoms with Gasteiger partial charge in [0.15, 0.2) is 0 Å². The smallest absolute Gasteiger partial charge is 0.252 e. The predicted octanol–water partition coefficient (Wildman–Crippen LogP) is 5.33. The Morgan fingerprint density at radius 1 is 1.00 bits per heavy atom. The Kier molecular flexibility index (Phi) is 8.52. The third-order valence-electron chi connectivity index (χ3n) is 5.70. The molecule has 1 aliphatic heterocycles. The SMILES string of the molecule is COc1cccc(C(CN2CCN(S(=O)(=O)c3ccc(Cl)s3)CC2)OCc2cccc(Cl)c2)c1. The van der Waals surface area contributed by atoms with Crippen molar-refractivity contribution in [2.75, 3.05) is 39.8 Å². The van der Waals surface area contributed by atoms with Gasteiger partial charge in [-0.25, -0.2) is 8.42 Å². The van der Waals surface area contributed by atoms with Crippen molar-refractivity contribution in [3.8, 4) is 5.75 Å². The normalized spacial score (nSPS) is 16.4. The molecule has 182 valence electrons. The van der Waals surface area contributed by atoms with Crippen LogP contribution in [-0.4, -0.2) is 57.5 Å². The molecule has 0 aliphatic carbocycles. The Bertz CT molecular complexity index is 1210. The van der Waals surface area contributed by atoms with Crippen LogP contribution >= 0.6 is 34.5 Å². The Labute approximate surface area is 214 Å². The fraction of sp³-hybridized carbons (Fsp3) is 0.333. The number of ether oxygens (including phenoxy) is 2. The van der Waals surface area contributed by atoms with E-state index in [9.17, 15) is 8.42 Å². The van der Waals surface area contributed by atoms with Crippen LogP contribution in [0.2, 0.25) is 9.36 Å². The summed E-state index contributed by atoms with van der Waals surface area (Å²) in [6, 6.07) is 18.6. The molecule has 0 amide bonds. The number of halogens is 2. The van der Waals surface area contributed by atoms with Crippen LogP contribution < -0.4 is 4.74 Å². The average molecular weight is 542 g/mol. The summed E-state index contributed by atoms with van der Waals surface area (Å²) in [5, 5.41) is 0.670. The average Bonchev–Trinajstić information content (AvgIpc) is 3.29. The molecule has 1 aliphatic rings. The van der Waals surface area contributed by atoms with Crippen LogP contribution in [0.15, 0.2) is 64.9 Å². The van der Waals surface area contributed by atoms with Gasteiger partial charge in [0.05, 0.1) is 24.2 Å². The van der Waals surface area contributed by atoms with Crippen molar-refractivity contribution in [1.29, 1.82) is 0 Å². The van der Waals surface area contributed by atoms with Crippen LogP contribution in [0.25, 0.3) is 0 Å². The summed E-state index contributed by atoms with van der Waals surface area (Å²) in [6.45, 7) is 3.09. The molecule has 34 heavy (non-hydrogen) atoms. The van der Waals surface area contributed by atoms with E-state index in [4.69, 9.17) is 32.7 Å². The number of rotatable bonds is 9. The van der Waals surface area contributed by atoms with E-state index in [0.717, 1.165) is 28.2 Å². The van der Waals surface area contributed by atoms with Crippen molar-refractivity contribution in [3.63, 3.8) is 0 Å². The van der Waals surface area contributed by atoms with Gasteiger partial charge in [-0.2, -0.15) is 4.31 Å². The van der Waals surface area contributed by atoms with Gasteiger partial charge >= 0.3 is 0 Å². The van der Waals surface area contributed by atoms with Crippen molar-refractivity contribution >= 4 is 44.6 Å². The van der Waals surface area contributed by atoms with Crippen LogP contribution in [0, 0.1) is 0 Å². The van der Waals surface area contributed by atoms with Crippen LogP contribution in [-0.2, 0) is 21.4 Å². The van der Waals surface area contributed by atoms with Crippen LogP contribution in [0.4, 0.5) is 0 Å². The molecule has 1 aromatic heterocycles. The highest BCUT2D eigenvalue weighted by Crippen LogP contribution is 2.29. The van der Waals surface area contributed by atoms with Gasteiger partial charge in [0.2, 0.25) is 0 Å². The zero-order valence-electron chi connectivity index (χ0n) is 18.7. The summed E-state index contributed by atoms with van der Waals surface area (Å²) in [4.78, 5) is 2.23. The molecule has 4 rings (SSSR count). The number of methoxy groups -OCH3 is 1. The van der Waals surface area contributed by atoms with Crippen LogP contribution in [0.1, 0.15) is 17.2 Å². The minimum atomic E-state index is -3.52. The van der Waals surface area contributed by atoms with Gasteiger partial charge in [0, 0.05) is 37.7 Å². The molecule has 1 atom stereocenters. The predicted molar refractivity (Wildman–Crippen MR) is 137 cm³/mol. The summed E-state index contributed by atoms with van der Waals surface area (Å²) in [6.07, 6.45) is -0.214. The topological polar surface area (TPSA) is 59.1 Å². The maximum absolute atomic E-state index is 12.9. The van der Waals surface area contributed by atoms with E-state index < -0.39 is 10.0 Å². The quantitative estimate of drug-likeness (QED) is 0.367. The lowest BCUT2D eigenvalue weighted by molar-refractivity contribution is 0.00764. The molecule has 0 saturated carbocycles. The Morgan fingerprint density at radius 2 is 1.76 bits per heavy atom. The van der Waals surface area contributed by atoms with Gasteiger partial charge in [0.1, 0.15) is 9.96 Å². The van der Waals surface area contributed by atoms with Crippen molar-refractivity contribution in [3.05, 3.63) is 81.1 Å². The molecule has 1 unspecified atom stereocenters. The lowest BCUT2D eigenvalue weighted by atomic mass is 10.1. The highest BCUT2D eigenvalue weighted by Gasteiger charge is 2.30. The molecule has 2 aromatic carbocycles. The summed E-state index contributed by atoms with van der Waals surface area (Å²) in [5.41, 5.74) is 2.00. The first-order valence-corrected chi connectivity index (χ1v) is 13.8. The molecular formula is C24H26Cl2N2O4S2. The number of benzene rings is 2. The summed E-state index contributed by atoms with van der Waals surface area (Å²) in [7, 11) is -1.88. The lowest BCUT2D eigenvalue weighted by Crippen LogP contribution is -2.49. The lowest BCUT2D eigenvalue weighted by Gasteiger charge is -2.35. The number of hydrogen-bond donors (Lipinski definition) is 0. The maximum atomic E-state index is 12.9. The highest BCUT2D eigenvalue weighted by atomic mass is 35.5. The van der Waals surface area contributed by atoms with Gasteiger partial charge in [-0.15, -0.1) is 11.3 Å². The van der Waals surface area contributed by atoms with E-state index in [1.165, 1.54) is 4.31 Å². The fourth-order valence-electron chi connectivity index (χ4n) is 3.87. The third-order valence-corrected chi connectivity index (χ3v) is 9.54. The summed E-state index contributed by atoms with van der Waals surface area (Å²) >= 11 is 13.2. The number of piperazine rings is 1. The first-order chi connectivity index (χ1) is 16.3. The van der Waals surface area contributed by atoms with Crippen molar-refractivity contribution < 1.29 is 17.9 Å². The first-order valence-electron chi connectivity index (χ1n) is 10.8. The molecule has 1 saturated heterocycles. The number of sulfonamides is 1. The molecular weight excluding hydrogens is 515 g/mol. The van der Waals surface area contributed by atoms with E-state index in [0.29, 0.717) is 48.7 Å². The molecule has 3 aromatic rings. The monoisotopic (exact) mass is 540 g/mol. The second-order valence-electron chi connectivity index (χ2n) is 7.97. The van der Waals surface area contributed by atoms with E-state index in [1.807, 2.05) is 48.5 Å². The van der Waals surface area contributed by atoms with Gasteiger partial charge in [-0.3, -0.25) is 4.90 Å². The first kappa shape index (κ1) is 25.4. The van der Waals surface area contributed by atoms with E-state index in [2.05, 4.69) is 4.90 Å². The van der Waals surface area contributed by atoms with Crippen molar-refractivity contribution in [1.82, 2.24) is 9.21 Å². The van der Waals surface area contributed by atoms with Gasteiger partial charge in [0.25, 0.3) is 10.0 Å². The summed E-state index contributed by atoms with van der Waals surface area (Å²) in [5.74, 6) is 0.763. The second kappa shape index (κ2) is 11.4. The van der Waals surface area contributed by atoms with Crippen molar-refractivity contribution in [2.45, 2.75) is 16.9 Å². The van der Waals surface area contributed by atoms with Crippen LogP contribution in [0.3, 0.4) is 0 Å². The molecule has 10 heteroatoms. The molecule has 2 heterocycles. The largest absolute Gasteiger partial charge is 0.497 e. The number of thiophene rings is 1. The van der Waals surface area contributed by atoms with E-state index >= 15 is 0 Å². The molecule has 6 nitrogen and oxygen atoms in total. The third kappa shape index (κ3) is 6.31. The molecule has 0 radical (unpaired) electrons. The Morgan fingerprint density at radius 3 is 2.44 bits per heavy atom. The highest BCUT2D eigenvalue weighted by molar-refractivity contribution is 7.91. The van der Waals surface area contributed by atoms with Gasteiger partial charge < -0.3 is 9.47 Å². The Balaban J connectivity index is 1.44. The Hall–Kier alpha value is -1.65. The second-order valence-corrected chi connectivity index (χ2v) is 12.3. The van der Waals surface area contributed by atoms with Crippen molar-refractivity contribution in [2.24, 2.45) is 0 Å². The van der Waals surface area contributed by atoms with Gasteiger partial charge in [-0.1, -0.05) is 47.5 Å².